The number of amides is 2. The lowest BCUT2D eigenvalue weighted by Crippen LogP contribution is -2.40. The fourth-order valence-corrected chi connectivity index (χ4v) is 6.30. The van der Waals surface area contributed by atoms with Gasteiger partial charge in [0.25, 0.3) is 0 Å². The van der Waals surface area contributed by atoms with Crippen molar-refractivity contribution in [1.82, 2.24) is 15.2 Å². The molecular formula is C21H20FN5O4S. The van der Waals surface area contributed by atoms with Crippen molar-refractivity contribution in [2.24, 2.45) is 0 Å². The number of halogens is 1. The van der Waals surface area contributed by atoms with Crippen LogP contribution in [0.3, 0.4) is 0 Å². The fraction of sp³-hybridized carbons (Fsp3) is 0.381. The zero-order valence-corrected chi connectivity index (χ0v) is 18.0. The maximum atomic E-state index is 15.5. The minimum Gasteiger partial charge on any atom is -0.441 e. The summed E-state index contributed by atoms with van der Waals surface area (Å²) in [5, 5.41) is 2.68. The monoisotopic (exact) mass is 457 g/mol. The maximum absolute atomic E-state index is 15.5. The maximum Gasteiger partial charge on any atom is 0.415 e. The van der Waals surface area contributed by atoms with Gasteiger partial charge >= 0.3 is 6.09 Å². The third-order valence-electron chi connectivity index (χ3n) is 6.58. The molecule has 6 rings (SSSR count). The van der Waals surface area contributed by atoms with E-state index in [4.69, 9.17) is 14.5 Å². The Hall–Kier alpha value is -3.21. The normalized spacial score (nSPS) is 26.8. The lowest BCUT2D eigenvalue weighted by Gasteiger charge is -2.29. The lowest BCUT2D eigenvalue weighted by atomic mass is 9.92. The number of nitrogens with zero attached hydrogens (tertiary/aromatic N) is 3. The molecule has 1 aliphatic carbocycles. The number of cyclic esters (lactones) is 1. The fourth-order valence-electron chi connectivity index (χ4n) is 5.07. The van der Waals surface area contributed by atoms with Crippen LogP contribution in [-0.2, 0) is 19.3 Å². The van der Waals surface area contributed by atoms with E-state index in [0.717, 1.165) is 0 Å². The van der Waals surface area contributed by atoms with Gasteiger partial charge in [-0.25, -0.2) is 18.4 Å². The summed E-state index contributed by atoms with van der Waals surface area (Å²) in [5.74, 6) is 0.563. The highest BCUT2D eigenvalue weighted by Crippen LogP contribution is 2.57. The molecule has 0 spiro atoms. The highest BCUT2D eigenvalue weighted by atomic mass is 32.2. The van der Waals surface area contributed by atoms with Crippen LogP contribution in [0.5, 0.6) is 0 Å². The molecule has 2 amide bonds. The van der Waals surface area contributed by atoms with Gasteiger partial charge in [-0.05, 0) is 23.8 Å². The topological polar surface area (TPSA) is 116 Å². The van der Waals surface area contributed by atoms with Crippen LogP contribution in [0.2, 0.25) is 0 Å². The van der Waals surface area contributed by atoms with Crippen LogP contribution in [0.15, 0.2) is 35.3 Å². The van der Waals surface area contributed by atoms with Crippen LogP contribution in [-0.4, -0.2) is 69.4 Å². The first-order chi connectivity index (χ1) is 15.2. The van der Waals surface area contributed by atoms with Gasteiger partial charge < -0.3 is 15.0 Å². The number of carbonyl (C=O) groups is 2. The molecular weight excluding hydrogens is 437 g/mol. The van der Waals surface area contributed by atoms with Gasteiger partial charge in [0.1, 0.15) is 23.8 Å². The molecule has 5 heterocycles. The standard InChI is InChI=1S/C21H20FN5O4S/c1-10(28)24-9-14-20-12-8-13(27(20)21(29)31-14)17-18(22)16(12)11-2-3-15(25-19(11)17)26-4-6-32(23,30)7-5-26/h2-3,8,14,20,23H,4-7,9H2,1H3,(H,24,28)/t14-,20?/m0/s1. The molecule has 11 heteroatoms. The number of anilines is 1. The third kappa shape index (κ3) is 2.60. The average molecular weight is 457 g/mol. The molecule has 32 heavy (non-hydrogen) atoms. The molecule has 0 radical (unpaired) electrons. The Kier molecular flexibility index (Phi) is 3.90. The predicted molar refractivity (Wildman–Crippen MR) is 115 cm³/mol. The number of hydrogen-bond acceptors (Lipinski definition) is 7. The number of pyridine rings is 1. The number of hydrogen-bond donors (Lipinski definition) is 2. The Morgan fingerprint density at radius 2 is 2.09 bits per heavy atom. The van der Waals surface area contributed by atoms with E-state index in [1.807, 2.05) is 23.1 Å². The van der Waals surface area contributed by atoms with Crippen LogP contribution in [0.4, 0.5) is 15.0 Å². The Bertz CT molecular complexity index is 1300. The first-order valence-corrected chi connectivity index (χ1v) is 12.3. The third-order valence-corrected chi connectivity index (χ3v) is 8.26. The van der Waals surface area contributed by atoms with Crippen LogP contribution in [0, 0.1) is 4.78 Å². The molecule has 5 aliphatic rings. The number of ether oxygens (including phenoxy) is 1. The summed E-state index contributed by atoms with van der Waals surface area (Å²) >= 11 is 0. The van der Waals surface area contributed by atoms with Crippen molar-refractivity contribution in [2.75, 3.05) is 36.0 Å². The second kappa shape index (κ2) is 6.41. The number of carbonyl (C=O) groups excluding carboxylic acids is 2. The summed E-state index contributed by atoms with van der Waals surface area (Å²) in [6.45, 7) is 2.45. The van der Waals surface area contributed by atoms with Crippen LogP contribution in [0.1, 0.15) is 18.2 Å². The van der Waals surface area contributed by atoms with Gasteiger partial charge in [-0.2, -0.15) is 0 Å². The predicted octanol–water partition coefficient (Wildman–Crippen LogP) is 1.63. The highest BCUT2D eigenvalue weighted by Gasteiger charge is 2.55. The summed E-state index contributed by atoms with van der Waals surface area (Å²) in [7, 11) is -2.54. The van der Waals surface area contributed by atoms with E-state index in [9.17, 15) is 13.8 Å². The second-order valence-electron chi connectivity index (χ2n) is 8.50. The van der Waals surface area contributed by atoms with Crippen molar-refractivity contribution in [3.63, 3.8) is 0 Å². The van der Waals surface area contributed by atoms with Crippen LogP contribution >= 0.6 is 0 Å². The molecule has 2 saturated heterocycles. The van der Waals surface area contributed by atoms with Crippen molar-refractivity contribution >= 4 is 38.7 Å². The largest absolute Gasteiger partial charge is 0.441 e. The summed E-state index contributed by atoms with van der Waals surface area (Å²) in [6.07, 6.45) is 0.634. The molecule has 1 unspecified atom stereocenters. The van der Waals surface area contributed by atoms with Crippen molar-refractivity contribution in [1.29, 1.82) is 4.78 Å². The molecule has 4 aliphatic heterocycles. The Morgan fingerprint density at radius 1 is 1.34 bits per heavy atom. The minimum absolute atomic E-state index is 0.148. The van der Waals surface area contributed by atoms with Gasteiger partial charge in [0.2, 0.25) is 5.91 Å². The van der Waals surface area contributed by atoms with E-state index < -0.39 is 33.8 Å². The van der Waals surface area contributed by atoms with Gasteiger partial charge in [-0.15, -0.1) is 0 Å². The van der Waals surface area contributed by atoms with Crippen molar-refractivity contribution in [3.05, 3.63) is 46.6 Å². The summed E-state index contributed by atoms with van der Waals surface area (Å²) in [5.41, 5.74) is 2.93. The second-order valence-corrected chi connectivity index (χ2v) is 10.9. The van der Waals surface area contributed by atoms with E-state index in [-0.39, 0.29) is 29.5 Å². The van der Waals surface area contributed by atoms with Crippen LogP contribution < -0.4 is 10.2 Å². The van der Waals surface area contributed by atoms with Gasteiger partial charge in [-0.1, -0.05) is 0 Å². The number of fused-ring (bicyclic) bond motifs is 1. The zero-order chi connectivity index (χ0) is 22.4. The van der Waals surface area contributed by atoms with E-state index in [1.165, 1.54) is 11.8 Å². The molecule has 166 valence electrons. The summed E-state index contributed by atoms with van der Waals surface area (Å²) in [4.78, 5) is 32.1. The van der Waals surface area contributed by atoms with Gasteiger partial charge in [-0.3, -0.25) is 14.5 Å². The molecule has 4 bridgehead atoms. The molecule has 0 saturated carbocycles. The zero-order valence-electron chi connectivity index (χ0n) is 17.2. The number of aromatic nitrogens is 1. The number of allylic oxidation sites excluding steroid dienone is 3. The lowest BCUT2D eigenvalue weighted by molar-refractivity contribution is -0.119. The van der Waals surface area contributed by atoms with Gasteiger partial charge in [0.05, 0.1) is 23.5 Å². The quantitative estimate of drug-likeness (QED) is 0.713. The SMILES string of the molecule is CC(=O)NC[C@@H]1OC(=O)N2C3=C4C(F)=C(C(=C3)C12)c1ccc(N2CCS(=N)(=O)CC2)nc14. The molecule has 2 atom stereocenters. The van der Waals surface area contributed by atoms with Gasteiger partial charge in [0.15, 0.2) is 0 Å². The van der Waals surface area contributed by atoms with E-state index in [0.29, 0.717) is 47.0 Å². The van der Waals surface area contributed by atoms with E-state index >= 15 is 4.39 Å². The molecule has 2 fully saturated rings. The first-order valence-electron chi connectivity index (χ1n) is 10.4. The molecule has 1 aromatic heterocycles. The molecule has 0 aromatic carbocycles. The average Bonchev–Trinajstić information content (AvgIpc) is 3.29. The Balaban J connectivity index is 1.38. The highest BCUT2D eigenvalue weighted by molar-refractivity contribution is 7.92. The molecule has 1 aromatic rings. The van der Waals surface area contributed by atoms with Crippen molar-refractivity contribution in [3.8, 4) is 0 Å². The van der Waals surface area contributed by atoms with Crippen molar-refractivity contribution < 1.29 is 22.9 Å². The minimum atomic E-state index is -2.54. The van der Waals surface area contributed by atoms with E-state index in [2.05, 4.69) is 5.32 Å². The first kappa shape index (κ1) is 19.5. The Labute approximate surface area is 183 Å². The van der Waals surface area contributed by atoms with E-state index in [1.54, 1.807) is 0 Å². The smallest absolute Gasteiger partial charge is 0.415 e. The van der Waals surface area contributed by atoms with Gasteiger partial charge in [0, 0.05) is 52.4 Å². The summed E-state index contributed by atoms with van der Waals surface area (Å²) in [6, 6.07) is 3.15. The summed E-state index contributed by atoms with van der Waals surface area (Å²) < 4.78 is 40.8. The molecule has 9 nitrogen and oxygen atoms in total. The van der Waals surface area contributed by atoms with Crippen molar-refractivity contribution in [2.45, 2.75) is 19.1 Å². The number of nitrogens with one attached hydrogen (secondary N) is 2. The molecule has 2 N–H and O–H groups in total. The van der Waals surface area contributed by atoms with Crippen LogP contribution in [0.25, 0.3) is 11.1 Å². The number of rotatable bonds is 3. The Morgan fingerprint density at radius 3 is 2.81 bits per heavy atom.